The number of rotatable bonds is 2. The van der Waals surface area contributed by atoms with Gasteiger partial charge in [-0.25, -0.2) is 12.7 Å². The Morgan fingerprint density at radius 1 is 1.12 bits per heavy atom. The first-order chi connectivity index (χ1) is 11.2. The fourth-order valence-corrected chi connectivity index (χ4v) is 3.74. The van der Waals surface area contributed by atoms with Gasteiger partial charge in [0.25, 0.3) is 5.91 Å². The molecule has 1 N–H and O–H groups in total. The highest BCUT2D eigenvalue weighted by Gasteiger charge is 2.28. The molecule has 0 spiro atoms. The molecule has 0 saturated carbocycles. The summed E-state index contributed by atoms with van der Waals surface area (Å²) in [7, 11) is -0.994. The van der Waals surface area contributed by atoms with Crippen LogP contribution in [0, 0.1) is 6.92 Å². The lowest BCUT2D eigenvalue weighted by Crippen LogP contribution is -2.23. The van der Waals surface area contributed by atoms with Crippen LogP contribution in [-0.4, -0.2) is 32.7 Å². The maximum Gasteiger partial charge on any atom is 0.259 e. The molecule has 0 radical (unpaired) electrons. The first-order valence-electron chi connectivity index (χ1n) is 7.06. The number of benzene rings is 2. The van der Waals surface area contributed by atoms with Crippen molar-refractivity contribution in [2.45, 2.75) is 11.8 Å². The Morgan fingerprint density at radius 3 is 2.50 bits per heavy atom. The van der Waals surface area contributed by atoms with Gasteiger partial charge in [0.05, 0.1) is 16.3 Å². The molecular weight excluding hydrogens is 352 g/mol. The van der Waals surface area contributed by atoms with E-state index in [9.17, 15) is 13.2 Å². The van der Waals surface area contributed by atoms with Gasteiger partial charge in [-0.15, -0.1) is 0 Å². The fourth-order valence-electron chi connectivity index (χ4n) is 2.33. The number of fused-ring (bicyclic) bond motifs is 2. The molecule has 24 heavy (non-hydrogen) atoms. The van der Waals surface area contributed by atoms with E-state index in [1.165, 1.54) is 26.2 Å². The standard InChI is InChI=1S/C16H15ClN2O4S/c1-9-4-5-13-12(6-9)18-16(20)10-7-15(24(21,22)19(2)3)11(17)8-14(10)23-13/h4-8H,1-3H3,(H,18,20). The van der Waals surface area contributed by atoms with Gasteiger partial charge in [-0.1, -0.05) is 17.7 Å². The summed E-state index contributed by atoms with van der Waals surface area (Å²) in [5, 5.41) is 2.72. The molecule has 0 unspecified atom stereocenters. The average Bonchev–Trinajstić information content (AvgIpc) is 2.61. The zero-order chi connectivity index (χ0) is 17.6. The van der Waals surface area contributed by atoms with Crippen molar-refractivity contribution < 1.29 is 17.9 Å². The third kappa shape index (κ3) is 2.75. The summed E-state index contributed by atoms with van der Waals surface area (Å²) in [4.78, 5) is 12.4. The summed E-state index contributed by atoms with van der Waals surface area (Å²) in [6.07, 6.45) is 0. The minimum absolute atomic E-state index is 0.00851. The highest BCUT2D eigenvalue weighted by molar-refractivity contribution is 7.89. The van der Waals surface area contributed by atoms with E-state index in [4.69, 9.17) is 16.3 Å². The fraction of sp³-hybridized carbons (Fsp3) is 0.188. The molecule has 1 aliphatic rings. The molecule has 6 nitrogen and oxygen atoms in total. The van der Waals surface area contributed by atoms with Gasteiger partial charge < -0.3 is 10.1 Å². The first-order valence-corrected chi connectivity index (χ1v) is 8.88. The van der Waals surface area contributed by atoms with E-state index in [0.717, 1.165) is 9.87 Å². The lowest BCUT2D eigenvalue weighted by atomic mass is 10.2. The van der Waals surface area contributed by atoms with Gasteiger partial charge in [-0.05, 0) is 30.7 Å². The predicted molar refractivity (Wildman–Crippen MR) is 91.5 cm³/mol. The third-order valence-electron chi connectivity index (χ3n) is 3.64. The van der Waals surface area contributed by atoms with Gasteiger partial charge in [0.15, 0.2) is 5.75 Å². The molecule has 8 heteroatoms. The van der Waals surface area contributed by atoms with Gasteiger partial charge in [-0.2, -0.15) is 0 Å². The van der Waals surface area contributed by atoms with Crippen LogP contribution in [0.25, 0.3) is 0 Å². The number of hydrogen-bond acceptors (Lipinski definition) is 4. The Kier molecular flexibility index (Phi) is 4.03. The summed E-state index contributed by atoms with van der Waals surface area (Å²) < 4.78 is 31.5. The lowest BCUT2D eigenvalue weighted by molar-refractivity contribution is 0.102. The van der Waals surface area contributed by atoms with Crippen molar-refractivity contribution in [1.29, 1.82) is 0 Å². The molecule has 1 aliphatic heterocycles. The number of ether oxygens (including phenoxy) is 1. The Balaban J connectivity index is 2.18. The van der Waals surface area contributed by atoms with Crippen molar-refractivity contribution in [3.63, 3.8) is 0 Å². The van der Waals surface area contributed by atoms with E-state index >= 15 is 0 Å². The molecule has 3 rings (SSSR count). The molecule has 2 aromatic carbocycles. The summed E-state index contributed by atoms with van der Waals surface area (Å²) in [5.74, 6) is 0.214. The summed E-state index contributed by atoms with van der Waals surface area (Å²) in [6.45, 7) is 1.89. The van der Waals surface area contributed by atoms with Crippen molar-refractivity contribution in [1.82, 2.24) is 4.31 Å². The molecule has 0 atom stereocenters. The first kappa shape index (κ1) is 16.8. The highest BCUT2D eigenvalue weighted by Crippen LogP contribution is 2.39. The van der Waals surface area contributed by atoms with Gasteiger partial charge in [0.2, 0.25) is 10.0 Å². The summed E-state index contributed by atoms with van der Waals surface area (Å²) >= 11 is 6.13. The minimum Gasteiger partial charge on any atom is -0.454 e. The van der Waals surface area contributed by atoms with Gasteiger partial charge in [0, 0.05) is 20.2 Å². The van der Waals surface area contributed by atoms with Crippen molar-refractivity contribution in [2.75, 3.05) is 19.4 Å². The highest BCUT2D eigenvalue weighted by atomic mass is 35.5. The largest absolute Gasteiger partial charge is 0.454 e. The monoisotopic (exact) mass is 366 g/mol. The summed E-state index contributed by atoms with van der Waals surface area (Å²) in [5.41, 5.74) is 1.58. The number of aryl methyl sites for hydroxylation is 1. The van der Waals surface area contributed by atoms with Crippen LogP contribution in [0.3, 0.4) is 0 Å². The molecule has 0 bridgehead atoms. The number of anilines is 1. The number of sulfonamides is 1. The van der Waals surface area contributed by atoms with E-state index in [-0.39, 0.29) is 21.2 Å². The van der Waals surface area contributed by atoms with Crippen LogP contribution < -0.4 is 10.1 Å². The zero-order valence-electron chi connectivity index (χ0n) is 13.3. The molecule has 126 valence electrons. The van der Waals surface area contributed by atoms with Crippen LogP contribution in [-0.2, 0) is 10.0 Å². The van der Waals surface area contributed by atoms with Crippen LogP contribution in [0.2, 0.25) is 5.02 Å². The van der Waals surface area contributed by atoms with E-state index in [0.29, 0.717) is 11.4 Å². The topological polar surface area (TPSA) is 75.7 Å². The van der Waals surface area contributed by atoms with Crippen LogP contribution in [0.5, 0.6) is 11.5 Å². The Morgan fingerprint density at radius 2 is 1.83 bits per heavy atom. The Bertz CT molecular complexity index is 955. The van der Waals surface area contributed by atoms with E-state index in [2.05, 4.69) is 5.32 Å². The van der Waals surface area contributed by atoms with Gasteiger partial charge >= 0.3 is 0 Å². The van der Waals surface area contributed by atoms with E-state index < -0.39 is 15.9 Å². The number of nitrogens with one attached hydrogen (secondary N) is 1. The number of hydrogen-bond donors (Lipinski definition) is 1. The maximum atomic E-state index is 12.5. The van der Waals surface area contributed by atoms with Gasteiger partial charge in [0.1, 0.15) is 10.6 Å². The number of halogens is 1. The Labute approximate surface area is 145 Å². The number of carbonyl (C=O) groups excluding carboxylic acids is 1. The second-order valence-corrected chi connectivity index (χ2v) is 8.15. The van der Waals surface area contributed by atoms with Crippen molar-refractivity contribution in [2.24, 2.45) is 0 Å². The van der Waals surface area contributed by atoms with E-state index in [1.807, 2.05) is 13.0 Å². The Hall–Kier alpha value is -2.09. The van der Waals surface area contributed by atoms with Crippen molar-refractivity contribution >= 4 is 33.2 Å². The molecule has 2 aromatic rings. The molecule has 0 saturated heterocycles. The molecule has 0 fully saturated rings. The maximum absolute atomic E-state index is 12.5. The zero-order valence-corrected chi connectivity index (χ0v) is 14.8. The third-order valence-corrected chi connectivity index (χ3v) is 5.92. The molecule has 0 aromatic heterocycles. The molecular formula is C16H15ClN2O4S. The normalized spacial score (nSPS) is 13.6. The van der Waals surface area contributed by atoms with Crippen molar-refractivity contribution in [3.05, 3.63) is 46.5 Å². The second-order valence-electron chi connectivity index (χ2n) is 5.62. The van der Waals surface area contributed by atoms with Crippen LogP contribution in [0.15, 0.2) is 35.2 Å². The van der Waals surface area contributed by atoms with Crippen LogP contribution >= 0.6 is 11.6 Å². The summed E-state index contributed by atoms with van der Waals surface area (Å²) in [6, 6.07) is 7.95. The number of amides is 1. The smallest absolute Gasteiger partial charge is 0.259 e. The minimum atomic E-state index is -3.78. The van der Waals surface area contributed by atoms with E-state index in [1.54, 1.807) is 12.1 Å². The van der Waals surface area contributed by atoms with Crippen LogP contribution in [0.1, 0.15) is 15.9 Å². The molecule has 0 aliphatic carbocycles. The predicted octanol–water partition coefficient (Wildman–Crippen LogP) is 3.26. The van der Waals surface area contributed by atoms with Crippen molar-refractivity contribution in [3.8, 4) is 11.5 Å². The number of carbonyl (C=O) groups is 1. The van der Waals surface area contributed by atoms with Gasteiger partial charge in [-0.3, -0.25) is 4.79 Å². The quantitative estimate of drug-likeness (QED) is 0.885. The second kappa shape index (κ2) is 5.77. The molecule has 1 heterocycles. The number of nitrogens with zero attached hydrogens (tertiary/aromatic N) is 1. The SMILES string of the molecule is Cc1ccc2c(c1)NC(=O)c1cc(S(=O)(=O)N(C)C)c(Cl)cc1O2. The lowest BCUT2D eigenvalue weighted by Gasteiger charge is -2.15. The molecule has 1 amide bonds. The average molecular weight is 367 g/mol. The van der Waals surface area contributed by atoms with Crippen LogP contribution in [0.4, 0.5) is 5.69 Å².